The van der Waals surface area contributed by atoms with Crippen molar-refractivity contribution in [3.05, 3.63) is 78.4 Å². The summed E-state index contributed by atoms with van der Waals surface area (Å²) < 4.78 is 5.35. The number of alkyl carbamates (subject to hydrolysis) is 1. The maximum absolute atomic E-state index is 13.6. The molecule has 190 valence electrons. The molecule has 7 nitrogen and oxygen atoms in total. The lowest BCUT2D eigenvalue weighted by molar-refractivity contribution is -0.140. The van der Waals surface area contributed by atoms with E-state index in [1.54, 1.807) is 40.0 Å². The van der Waals surface area contributed by atoms with Gasteiger partial charge in [-0.3, -0.25) is 9.59 Å². The van der Waals surface area contributed by atoms with Crippen LogP contribution < -0.4 is 10.6 Å². The van der Waals surface area contributed by atoms with E-state index in [2.05, 4.69) is 10.6 Å². The van der Waals surface area contributed by atoms with E-state index in [1.165, 1.54) is 4.90 Å². The number of carbonyl (C=O) groups excluding carboxylic acids is 3. The number of ether oxygens (including phenoxy) is 1. The van der Waals surface area contributed by atoms with Gasteiger partial charge in [0.1, 0.15) is 17.7 Å². The Balaban J connectivity index is 1.87. The van der Waals surface area contributed by atoms with Gasteiger partial charge < -0.3 is 20.3 Å². The van der Waals surface area contributed by atoms with Crippen LogP contribution in [0.25, 0.3) is 10.8 Å². The molecule has 0 saturated carbocycles. The Labute approximate surface area is 212 Å². The molecule has 0 spiro atoms. The van der Waals surface area contributed by atoms with Gasteiger partial charge >= 0.3 is 6.09 Å². The summed E-state index contributed by atoms with van der Waals surface area (Å²) in [5.41, 5.74) is 0.589. The SMILES string of the molecule is CC(C)C(NC(=O)OC(C)(C)C)C(=O)N(C)C(C(=O)Nc1ccc2ccccc2c1)c1ccccc1. The van der Waals surface area contributed by atoms with E-state index in [0.717, 1.165) is 10.8 Å². The highest BCUT2D eigenvalue weighted by atomic mass is 16.6. The zero-order chi connectivity index (χ0) is 26.5. The maximum atomic E-state index is 13.6. The van der Waals surface area contributed by atoms with E-state index in [9.17, 15) is 14.4 Å². The van der Waals surface area contributed by atoms with Gasteiger partial charge in [0.25, 0.3) is 5.91 Å². The lowest BCUT2D eigenvalue weighted by Gasteiger charge is -2.33. The first-order valence-electron chi connectivity index (χ1n) is 12.1. The number of fused-ring (bicyclic) bond motifs is 1. The molecule has 0 aromatic heterocycles. The molecule has 0 aliphatic carbocycles. The molecule has 0 aliphatic rings. The minimum atomic E-state index is -0.910. The summed E-state index contributed by atoms with van der Waals surface area (Å²) >= 11 is 0. The van der Waals surface area contributed by atoms with E-state index < -0.39 is 29.7 Å². The second-order valence-corrected chi connectivity index (χ2v) is 10.2. The number of rotatable bonds is 7. The summed E-state index contributed by atoms with van der Waals surface area (Å²) in [4.78, 5) is 41.0. The number of nitrogens with one attached hydrogen (secondary N) is 2. The molecule has 0 bridgehead atoms. The zero-order valence-electron chi connectivity index (χ0n) is 21.7. The van der Waals surface area contributed by atoms with Crippen molar-refractivity contribution < 1.29 is 19.1 Å². The van der Waals surface area contributed by atoms with Crippen LogP contribution in [0, 0.1) is 5.92 Å². The van der Waals surface area contributed by atoms with Crippen LogP contribution in [0.3, 0.4) is 0 Å². The zero-order valence-corrected chi connectivity index (χ0v) is 21.7. The molecule has 36 heavy (non-hydrogen) atoms. The Hall–Kier alpha value is -3.87. The van der Waals surface area contributed by atoms with Gasteiger partial charge in [0, 0.05) is 12.7 Å². The largest absolute Gasteiger partial charge is 0.444 e. The molecule has 0 fully saturated rings. The van der Waals surface area contributed by atoms with Crippen molar-refractivity contribution in [3.8, 4) is 0 Å². The Bertz CT molecular complexity index is 1220. The fourth-order valence-electron chi connectivity index (χ4n) is 3.96. The third-order valence-corrected chi connectivity index (χ3v) is 5.72. The summed E-state index contributed by atoms with van der Waals surface area (Å²) in [6.07, 6.45) is -0.681. The minimum Gasteiger partial charge on any atom is -0.444 e. The molecule has 0 radical (unpaired) electrons. The van der Waals surface area contributed by atoms with Crippen LogP contribution >= 0.6 is 0 Å². The number of hydrogen-bond donors (Lipinski definition) is 2. The van der Waals surface area contributed by atoms with Crippen LogP contribution in [0.5, 0.6) is 0 Å². The number of hydrogen-bond acceptors (Lipinski definition) is 4. The van der Waals surface area contributed by atoms with Crippen LogP contribution in [-0.2, 0) is 14.3 Å². The molecular weight excluding hydrogens is 454 g/mol. The summed E-state index contributed by atoms with van der Waals surface area (Å²) in [5.74, 6) is -0.974. The lowest BCUT2D eigenvalue weighted by Crippen LogP contribution is -2.53. The third-order valence-electron chi connectivity index (χ3n) is 5.72. The predicted molar refractivity (Wildman–Crippen MR) is 143 cm³/mol. The molecule has 3 rings (SSSR count). The molecule has 3 amide bonds. The molecule has 0 saturated heterocycles. The minimum absolute atomic E-state index is 0.229. The molecule has 2 atom stereocenters. The first-order valence-corrected chi connectivity index (χ1v) is 12.1. The second-order valence-electron chi connectivity index (χ2n) is 10.2. The predicted octanol–water partition coefficient (Wildman–Crippen LogP) is 5.53. The van der Waals surface area contributed by atoms with Gasteiger partial charge in [-0.05, 0) is 55.2 Å². The molecule has 0 aliphatic heterocycles. The molecule has 2 N–H and O–H groups in total. The maximum Gasteiger partial charge on any atom is 0.408 e. The van der Waals surface area contributed by atoms with E-state index in [0.29, 0.717) is 11.3 Å². The quantitative estimate of drug-likeness (QED) is 0.457. The van der Waals surface area contributed by atoms with Gasteiger partial charge in [0.05, 0.1) is 0 Å². The van der Waals surface area contributed by atoms with Crippen molar-refractivity contribution in [1.29, 1.82) is 0 Å². The van der Waals surface area contributed by atoms with Gasteiger partial charge in [-0.1, -0.05) is 74.5 Å². The second kappa shape index (κ2) is 11.2. The van der Waals surface area contributed by atoms with Crippen molar-refractivity contribution in [2.45, 2.75) is 52.3 Å². The van der Waals surface area contributed by atoms with E-state index in [1.807, 2.05) is 74.5 Å². The Morgan fingerprint density at radius 1 is 0.861 bits per heavy atom. The van der Waals surface area contributed by atoms with Gasteiger partial charge in [0.15, 0.2) is 0 Å². The van der Waals surface area contributed by atoms with Crippen molar-refractivity contribution in [3.63, 3.8) is 0 Å². The standard InChI is InChI=1S/C29H35N3O4/c1-19(2)24(31-28(35)36-29(3,4)5)27(34)32(6)25(21-13-8-7-9-14-21)26(33)30-23-17-16-20-12-10-11-15-22(20)18-23/h7-19,24-25H,1-6H3,(H,30,33)(H,31,35). The highest BCUT2D eigenvalue weighted by molar-refractivity contribution is 6.00. The highest BCUT2D eigenvalue weighted by Gasteiger charge is 2.35. The van der Waals surface area contributed by atoms with Crippen LogP contribution in [0.4, 0.5) is 10.5 Å². The number of nitrogens with zero attached hydrogens (tertiary/aromatic N) is 1. The topological polar surface area (TPSA) is 87.7 Å². The van der Waals surface area contributed by atoms with Crippen molar-refractivity contribution in [1.82, 2.24) is 10.2 Å². The smallest absolute Gasteiger partial charge is 0.408 e. The summed E-state index contributed by atoms with van der Waals surface area (Å²) in [7, 11) is 1.58. The van der Waals surface area contributed by atoms with E-state index in [-0.39, 0.29) is 11.8 Å². The fraction of sp³-hybridized carbons (Fsp3) is 0.345. The number of benzene rings is 3. The highest BCUT2D eigenvalue weighted by Crippen LogP contribution is 2.25. The normalized spacial score (nSPS) is 13.1. The van der Waals surface area contributed by atoms with Crippen molar-refractivity contribution >= 4 is 34.4 Å². The van der Waals surface area contributed by atoms with Gasteiger partial charge in [-0.2, -0.15) is 0 Å². The van der Waals surface area contributed by atoms with Crippen LogP contribution in [-0.4, -0.2) is 41.5 Å². The summed E-state index contributed by atoms with van der Waals surface area (Å²) in [5, 5.41) is 7.71. The van der Waals surface area contributed by atoms with E-state index >= 15 is 0 Å². The molecule has 3 aromatic carbocycles. The van der Waals surface area contributed by atoms with Gasteiger partial charge in [0.2, 0.25) is 5.91 Å². The molecule has 0 heterocycles. The molecule has 3 aromatic rings. The van der Waals surface area contributed by atoms with Crippen molar-refractivity contribution in [2.75, 3.05) is 12.4 Å². The average Bonchev–Trinajstić information content (AvgIpc) is 2.81. The fourth-order valence-corrected chi connectivity index (χ4v) is 3.96. The average molecular weight is 490 g/mol. The Morgan fingerprint density at radius 2 is 1.47 bits per heavy atom. The summed E-state index contributed by atoms with van der Waals surface area (Å²) in [6.45, 7) is 8.94. The van der Waals surface area contributed by atoms with Crippen LogP contribution in [0.1, 0.15) is 46.2 Å². The lowest BCUT2D eigenvalue weighted by atomic mass is 9.99. The molecule has 2 unspecified atom stereocenters. The number of anilines is 1. The Morgan fingerprint density at radius 3 is 2.08 bits per heavy atom. The molecule has 7 heteroatoms. The Kier molecular flexibility index (Phi) is 8.35. The summed E-state index contributed by atoms with van der Waals surface area (Å²) in [6, 6.07) is 20.9. The molecular formula is C29H35N3O4. The van der Waals surface area contributed by atoms with Gasteiger partial charge in [-0.15, -0.1) is 0 Å². The third kappa shape index (κ3) is 6.84. The first kappa shape index (κ1) is 26.7. The van der Waals surface area contributed by atoms with Crippen LogP contribution in [0.2, 0.25) is 0 Å². The number of likely N-dealkylation sites (N-methyl/N-ethyl adjacent to an activating group) is 1. The number of amides is 3. The number of carbonyl (C=O) groups is 3. The van der Waals surface area contributed by atoms with E-state index in [4.69, 9.17) is 4.74 Å². The first-order chi connectivity index (χ1) is 17.0. The monoisotopic (exact) mass is 489 g/mol. The van der Waals surface area contributed by atoms with Crippen LogP contribution in [0.15, 0.2) is 72.8 Å². The van der Waals surface area contributed by atoms with Gasteiger partial charge in [-0.25, -0.2) is 4.79 Å². The van der Waals surface area contributed by atoms with Crippen molar-refractivity contribution in [2.24, 2.45) is 5.92 Å².